The Balaban J connectivity index is 1.90. The van der Waals surface area contributed by atoms with Crippen LogP contribution in [-0.4, -0.2) is 19.6 Å². The van der Waals surface area contributed by atoms with Crippen molar-refractivity contribution < 1.29 is 14.3 Å². The van der Waals surface area contributed by atoms with E-state index in [2.05, 4.69) is 27.9 Å². The van der Waals surface area contributed by atoms with Crippen molar-refractivity contribution in [2.45, 2.75) is 13.0 Å². The predicted molar refractivity (Wildman–Crippen MR) is 94.2 cm³/mol. The van der Waals surface area contributed by atoms with Gasteiger partial charge in [0.2, 0.25) is 0 Å². The van der Waals surface area contributed by atoms with Crippen LogP contribution in [0.1, 0.15) is 18.5 Å². The highest BCUT2D eigenvalue weighted by atomic mass is 127. The number of methoxy groups -OCH3 is 1. The van der Waals surface area contributed by atoms with E-state index in [4.69, 9.17) is 9.47 Å². The van der Waals surface area contributed by atoms with Gasteiger partial charge in [0, 0.05) is 9.13 Å². The molecule has 5 heteroatoms. The first-order valence-corrected chi connectivity index (χ1v) is 7.98. The summed E-state index contributed by atoms with van der Waals surface area (Å²) < 4.78 is 11.9. The van der Waals surface area contributed by atoms with Gasteiger partial charge in [0.1, 0.15) is 11.5 Å². The lowest BCUT2D eigenvalue weighted by Crippen LogP contribution is -2.31. The maximum Gasteiger partial charge on any atom is 0.258 e. The summed E-state index contributed by atoms with van der Waals surface area (Å²) in [6.07, 6.45) is 0. The van der Waals surface area contributed by atoms with Gasteiger partial charge in [-0.2, -0.15) is 0 Å². The van der Waals surface area contributed by atoms with Crippen LogP contribution in [0.3, 0.4) is 0 Å². The fourth-order valence-electron chi connectivity index (χ4n) is 2.06. The summed E-state index contributed by atoms with van der Waals surface area (Å²) in [6, 6.07) is 15.0. The molecule has 2 aromatic carbocycles. The molecule has 0 radical (unpaired) electrons. The van der Waals surface area contributed by atoms with E-state index in [1.807, 2.05) is 55.5 Å². The summed E-state index contributed by atoms with van der Waals surface area (Å²) in [7, 11) is 1.62. The number of para-hydroxylation sites is 1. The van der Waals surface area contributed by atoms with Crippen LogP contribution in [0.2, 0.25) is 0 Å². The normalized spacial score (nSPS) is 11.6. The number of carbonyl (C=O) groups is 1. The van der Waals surface area contributed by atoms with E-state index in [1.54, 1.807) is 7.11 Å². The van der Waals surface area contributed by atoms with Crippen molar-refractivity contribution in [3.05, 3.63) is 57.7 Å². The Kier molecular flexibility index (Phi) is 6.06. The molecule has 0 spiro atoms. The number of ether oxygens (including phenoxy) is 2. The molecule has 0 bridgehead atoms. The van der Waals surface area contributed by atoms with Gasteiger partial charge in [0.25, 0.3) is 5.91 Å². The van der Waals surface area contributed by atoms with Gasteiger partial charge < -0.3 is 14.8 Å². The average Bonchev–Trinajstić information content (AvgIpc) is 2.54. The minimum absolute atomic E-state index is 0.0138. The van der Waals surface area contributed by atoms with Gasteiger partial charge in [0.15, 0.2) is 6.61 Å². The minimum atomic E-state index is -0.169. The number of rotatable bonds is 6. The molecule has 0 aliphatic heterocycles. The highest BCUT2D eigenvalue weighted by Gasteiger charge is 2.13. The lowest BCUT2D eigenvalue weighted by atomic mass is 10.1. The highest BCUT2D eigenvalue weighted by molar-refractivity contribution is 14.1. The van der Waals surface area contributed by atoms with Crippen molar-refractivity contribution in [1.29, 1.82) is 0 Å². The second-order valence-electron chi connectivity index (χ2n) is 4.77. The quantitative estimate of drug-likeness (QED) is 0.740. The summed E-state index contributed by atoms with van der Waals surface area (Å²) in [6.45, 7) is 1.90. The molecule has 1 amide bonds. The van der Waals surface area contributed by atoms with Crippen LogP contribution in [0, 0.1) is 3.57 Å². The number of benzene rings is 2. The van der Waals surface area contributed by atoms with Crippen molar-refractivity contribution in [3.63, 3.8) is 0 Å². The molecular weight excluding hydrogens is 393 g/mol. The van der Waals surface area contributed by atoms with Crippen LogP contribution < -0.4 is 14.8 Å². The third-order valence-electron chi connectivity index (χ3n) is 3.17. The minimum Gasteiger partial charge on any atom is -0.496 e. The van der Waals surface area contributed by atoms with Gasteiger partial charge in [-0.05, 0) is 59.8 Å². The fourth-order valence-corrected chi connectivity index (χ4v) is 2.42. The number of carbonyl (C=O) groups excluding carboxylic acids is 1. The smallest absolute Gasteiger partial charge is 0.258 e. The molecular formula is C17H18INO3. The maximum absolute atomic E-state index is 12.0. The molecule has 0 saturated heterocycles. The number of nitrogens with one attached hydrogen (secondary N) is 1. The largest absolute Gasteiger partial charge is 0.496 e. The van der Waals surface area contributed by atoms with Crippen molar-refractivity contribution >= 4 is 28.5 Å². The summed E-state index contributed by atoms with van der Waals surface area (Å²) in [5, 5.41) is 2.91. The number of hydrogen-bond acceptors (Lipinski definition) is 3. The molecule has 2 rings (SSSR count). The van der Waals surface area contributed by atoms with Gasteiger partial charge in [-0.15, -0.1) is 0 Å². The molecule has 0 heterocycles. The van der Waals surface area contributed by atoms with Crippen LogP contribution in [0.4, 0.5) is 0 Å². The SMILES string of the molecule is COc1ccccc1[C@@H](C)NC(=O)COc1ccc(I)cc1. The van der Waals surface area contributed by atoms with Crippen LogP contribution in [0.25, 0.3) is 0 Å². The zero-order chi connectivity index (χ0) is 15.9. The van der Waals surface area contributed by atoms with E-state index in [1.165, 1.54) is 0 Å². The van der Waals surface area contributed by atoms with Crippen LogP contribution in [-0.2, 0) is 4.79 Å². The molecule has 116 valence electrons. The molecule has 0 aromatic heterocycles. The topological polar surface area (TPSA) is 47.6 Å². The van der Waals surface area contributed by atoms with E-state index in [9.17, 15) is 4.79 Å². The standard InChI is InChI=1S/C17H18INO3/c1-12(15-5-3-4-6-16(15)21-2)19-17(20)11-22-14-9-7-13(18)8-10-14/h3-10,12H,11H2,1-2H3,(H,19,20)/t12-/m1/s1. The van der Waals surface area contributed by atoms with Crippen molar-refractivity contribution in [2.75, 3.05) is 13.7 Å². The number of hydrogen-bond donors (Lipinski definition) is 1. The zero-order valence-corrected chi connectivity index (χ0v) is 14.7. The molecule has 22 heavy (non-hydrogen) atoms. The number of halogens is 1. The lowest BCUT2D eigenvalue weighted by Gasteiger charge is -2.17. The molecule has 0 unspecified atom stereocenters. The Morgan fingerprint density at radius 1 is 1.18 bits per heavy atom. The molecule has 1 N–H and O–H groups in total. The third kappa shape index (κ3) is 4.62. The van der Waals surface area contributed by atoms with E-state index >= 15 is 0 Å². The molecule has 0 fully saturated rings. The summed E-state index contributed by atoms with van der Waals surface area (Å²) >= 11 is 2.22. The van der Waals surface area contributed by atoms with E-state index in [0.717, 1.165) is 14.9 Å². The molecule has 0 aliphatic rings. The van der Waals surface area contributed by atoms with Gasteiger partial charge in [-0.3, -0.25) is 4.79 Å². The molecule has 0 aliphatic carbocycles. The van der Waals surface area contributed by atoms with E-state index < -0.39 is 0 Å². The van der Waals surface area contributed by atoms with E-state index in [-0.39, 0.29) is 18.6 Å². The van der Waals surface area contributed by atoms with Crippen molar-refractivity contribution in [2.24, 2.45) is 0 Å². The lowest BCUT2D eigenvalue weighted by molar-refractivity contribution is -0.123. The van der Waals surface area contributed by atoms with Gasteiger partial charge in [0.05, 0.1) is 13.2 Å². The second kappa shape index (κ2) is 8.03. The third-order valence-corrected chi connectivity index (χ3v) is 3.89. The Hall–Kier alpha value is -1.76. The maximum atomic E-state index is 12.0. The first-order chi connectivity index (χ1) is 10.6. The first-order valence-electron chi connectivity index (χ1n) is 6.91. The Morgan fingerprint density at radius 3 is 2.55 bits per heavy atom. The van der Waals surface area contributed by atoms with Crippen LogP contribution >= 0.6 is 22.6 Å². The first kappa shape index (κ1) is 16.6. The van der Waals surface area contributed by atoms with Gasteiger partial charge >= 0.3 is 0 Å². The van der Waals surface area contributed by atoms with Crippen molar-refractivity contribution in [3.8, 4) is 11.5 Å². The van der Waals surface area contributed by atoms with Gasteiger partial charge in [-0.25, -0.2) is 0 Å². The molecule has 2 aromatic rings. The summed E-state index contributed by atoms with van der Waals surface area (Å²) in [4.78, 5) is 12.0. The average molecular weight is 411 g/mol. The molecule has 0 saturated carbocycles. The van der Waals surface area contributed by atoms with Crippen LogP contribution in [0.15, 0.2) is 48.5 Å². The molecule has 1 atom stereocenters. The fraction of sp³-hybridized carbons (Fsp3) is 0.235. The van der Waals surface area contributed by atoms with Crippen molar-refractivity contribution in [1.82, 2.24) is 5.32 Å². The second-order valence-corrected chi connectivity index (χ2v) is 6.02. The highest BCUT2D eigenvalue weighted by Crippen LogP contribution is 2.24. The van der Waals surface area contributed by atoms with Gasteiger partial charge in [-0.1, -0.05) is 18.2 Å². The van der Waals surface area contributed by atoms with Crippen LogP contribution in [0.5, 0.6) is 11.5 Å². The summed E-state index contributed by atoms with van der Waals surface area (Å²) in [5.41, 5.74) is 0.938. The Labute approximate surface area is 144 Å². The monoisotopic (exact) mass is 411 g/mol. The zero-order valence-electron chi connectivity index (χ0n) is 12.5. The van der Waals surface area contributed by atoms with E-state index in [0.29, 0.717) is 5.75 Å². The number of amides is 1. The summed E-state index contributed by atoms with van der Waals surface area (Å²) in [5.74, 6) is 1.27. The Bertz CT molecular complexity index is 628. The Morgan fingerprint density at radius 2 is 1.86 bits per heavy atom. The predicted octanol–water partition coefficient (Wildman–Crippen LogP) is 3.56. The molecule has 4 nitrogen and oxygen atoms in total.